The van der Waals surface area contributed by atoms with Crippen LogP contribution in [0.3, 0.4) is 0 Å². The fourth-order valence-corrected chi connectivity index (χ4v) is 2.40. The molecule has 0 aromatic heterocycles. The highest BCUT2D eigenvalue weighted by Crippen LogP contribution is 2.36. The van der Waals surface area contributed by atoms with Gasteiger partial charge in [-0.05, 0) is 37.0 Å². The summed E-state index contributed by atoms with van der Waals surface area (Å²) in [4.78, 5) is 11.9. The normalized spacial score (nSPS) is 15.5. The molecule has 0 fully saturated rings. The average molecular weight is 246 g/mol. The van der Waals surface area contributed by atoms with Crippen molar-refractivity contribution in [2.75, 3.05) is 0 Å². The van der Waals surface area contributed by atoms with Gasteiger partial charge in [0, 0.05) is 12.0 Å². The number of Topliss-reactive ketones (excluding diaryl/α,β-unsaturated/α-hetero) is 1. The van der Waals surface area contributed by atoms with Gasteiger partial charge in [0.25, 0.3) is 0 Å². The topological polar surface area (TPSA) is 57.5 Å². The predicted octanol–water partition coefficient (Wildman–Crippen LogP) is 3.40. The minimum Gasteiger partial charge on any atom is -0.504 e. The van der Waals surface area contributed by atoms with Gasteiger partial charge in [0.05, 0.1) is 0 Å². The van der Waals surface area contributed by atoms with Gasteiger partial charge >= 0.3 is 0 Å². The Bertz CT molecular complexity index is 500. The van der Waals surface area contributed by atoms with Gasteiger partial charge in [-0.2, -0.15) is 0 Å². The molecular weight excluding hydrogens is 228 g/mol. The van der Waals surface area contributed by atoms with Crippen LogP contribution in [0.2, 0.25) is 0 Å². The van der Waals surface area contributed by atoms with E-state index in [2.05, 4.69) is 6.92 Å². The van der Waals surface area contributed by atoms with Crippen molar-refractivity contribution in [3.63, 3.8) is 0 Å². The molecule has 2 N–H and O–H groups in total. The van der Waals surface area contributed by atoms with Crippen molar-refractivity contribution in [1.82, 2.24) is 0 Å². The first-order valence-electron chi connectivity index (χ1n) is 6.41. The summed E-state index contributed by atoms with van der Waals surface area (Å²) in [5.41, 5.74) is 2.66. The van der Waals surface area contributed by atoms with Crippen LogP contribution in [0.5, 0.6) is 11.5 Å². The highest BCUT2D eigenvalue weighted by molar-refractivity contribution is 6.23. The molecule has 0 spiro atoms. The Morgan fingerprint density at radius 3 is 2.61 bits per heavy atom. The molecule has 0 amide bonds. The van der Waals surface area contributed by atoms with Crippen LogP contribution in [0, 0.1) is 0 Å². The van der Waals surface area contributed by atoms with Gasteiger partial charge < -0.3 is 10.2 Å². The predicted molar refractivity (Wildman–Crippen MR) is 70.5 cm³/mol. The number of unbranched alkanes of at least 4 members (excludes halogenated alkanes) is 1. The number of hydrogen-bond donors (Lipinski definition) is 2. The van der Waals surface area contributed by atoms with Crippen molar-refractivity contribution in [3.8, 4) is 11.5 Å². The van der Waals surface area contributed by atoms with Crippen molar-refractivity contribution in [2.45, 2.75) is 39.0 Å². The third-order valence-corrected chi connectivity index (χ3v) is 3.38. The monoisotopic (exact) mass is 246 g/mol. The Balaban J connectivity index is 2.37. The summed E-state index contributed by atoms with van der Waals surface area (Å²) in [5.74, 6) is -0.180. The smallest absolute Gasteiger partial charge is 0.163 e. The van der Waals surface area contributed by atoms with Crippen LogP contribution >= 0.6 is 0 Å². The van der Waals surface area contributed by atoms with E-state index in [0.29, 0.717) is 6.42 Å². The third kappa shape index (κ3) is 2.40. The first-order chi connectivity index (χ1) is 8.63. The number of hydrogen-bond acceptors (Lipinski definition) is 3. The number of phenolic OH excluding ortho intramolecular Hbond substituents is 2. The van der Waals surface area contributed by atoms with Crippen LogP contribution < -0.4 is 0 Å². The summed E-state index contributed by atoms with van der Waals surface area (Å²) in [5, 5.41) is 18.8. The lowest BCUT2D eigenvalue weighted by Crippen LogP contribution is -1.96. The Labute approximate surface area is 107 Å². The molecule has 0 unspecified atom stereocenters. The van der Waals surface area contributed by atoms with Gasteiger partial charge in [-0.15, -0.1) is 0 Å². The van der Waals surface area contributed by atoms with Gasteiger partial charge in [-0.25, -0.2) is 0 Å². The van der Waals surface area contributed by atoms with Gasteiger partial charge in [-0.3, -0.25) is 4.79 Å². The standard InChI is InChI=1S/C15H18O3/c1-2-3-4-10-5-8-13(17)15(10)11-6-7-12(16)14(18)9-11/h6-7,9,16,18H,2-5,8H2,1H3. The molecule has 3 nitrogen and oxygen atoms in total. The molecular formula is C15H18O3. The highest BCUT2D eigenvalue weighted by atomic mass is 16.3. The van der Waals surface area contributed by atoms with Crippen LogP contribution in [0.4, 0.5) is 0 Å². The lowest BCUT2D eigenvalue weighted by molar-refractivity contribution is -0.113. The molecule has 0 aliphatic heterocycles. The minimum absolute atomic E-state index is 0.145. The van der Waals surface area contributed by atoms with Crippen LogP contribution in [0.1, 0.15) is 44.6 Å². The Morgan fingerprint density at radius 1 is 1.17 bits per heavy atom. The minimum atomic E-state index is -0.172. The lowest BCUT2D eigenvalue weighted by atomic mass is 9.98. The highest BCUT2D eigenvalue weighted by Gasteiger charge is 2.24. The zero-order chi connectivity index (χ0) is 13.1. The summed E-state index contributed by atoms with van der Waals surface area (Å²) in [7, 11) is 0. The number of aromatic hydroxyl groups is 2. The number of carbonyl (C=O) groups excluding carboxylic acids is 1. The van der Waals surface area contributed by atoms with E-state index in [4.69, 9.17) is 0 Å². The quantitative estimate of drug-likeness (QED) is 0.800. The van der Waals surface area contributed by atoms with E-state index in [1.807, 2.05) is 0 Å². The van der Waals surface area contributed by atoms with Crippen molar-refractivity contribution in [2.24, 2.45) is 0 Å². The van der Waals surface area contributed by atoms with Gasteiger partial charge in [-0.1, -0.05) is 25.0 Å². The maximum Gasteiger partial charge on any atom is 0.163 e. The van der Waals surface area contributed by atoms with Crippen molar-refractivity contribution >= 4 is 11.4 Å². The SMILES string of the molecule is CCCCC1=C(c2ccc(O)c(O)c2)C(=O)CC1. The van der Waals surface area contributed by atoms with E-state index in [1.165, 1.54) is 17.7 Å². The van der Waals surface area contributed by atoms with Crippen LogP contribution in [-0.2, 0) is 4.79 Å². The second-order valence-corrected chi connectivity index (χ2v) is 4.71. The molecule has 0 saturated carbocycles. The van der Waals surface area contributed by atoms with Crippen LogP contribution in [0.25, 0.3) is 5.57 Å². The molecule has 96 valence electrons. The zero-order valence-corrected chi connectivity index (χ0v) is 10.6. The summed E-state index contributed by atoms with van der Waals surface area (Å²) in [6.45, 7) is 2.13. The van der Waals surface area contributed by atoms with E-state index in [0.717, 1.165) is 36.8 Å². The second-order valence-electron chi connectivity index (χ2n) is 4.71. The maximum absolute atomic E-state index is 11.9. The molecule has 0 bridgehead atoms. The molecule has 1 aromatic rings. The van der Waals surface area contributed by atoms with Crippen LogP contribution in [-0.4, -0.2) is 16.0 Å². The second kappa shape index (κ2) is 5.25. The number of ketones is 1. The van der Waals surface area contributed by atoms with E-state index in [9.17, 15) is 15.0 Å². The van der Waals surface area contributed by atoms with E-state index < -0.39 is 0 Å². The molecule has 0 atom stereocenters. The molecule has 0 heterocycles. The van der Waals surface area contributed by atoms with Gasteiger partial charge in [0.1, 0.15) is 0 Å². The Kier molecular flexibility index (Phi) is 3.70. The first kappa shape index (κ1) is 12.7. The zero-order valence-electron chi connectivity index (χ0n) is 10.6. The number of carbonyl (C=O) groups is 1. The van der Waals surface area contributed by atoms with E-state index >= 15 is 0 Å². The summed E-state index contributed by atoms with van der Waals surface area (Å²) in [6, 6.07) is 4.60. The van der Waals surface area contributed by atoms with Gasteiger partial charge in [0.2, 0.25) is 0 Å². The largest absolute Gasteiger partial charge is 0.504 e. The molecule has 2 rings (SSSR count). The van der Waals surface area contributed by atoms with Crippen molar-refractivity contribution < 1.29 is 15.0 Å². The van der Waals surface area contributed by atoms with Gasteiger partial charge in [0.15, 0.2) is 17.3 Å². The third-order valence-electron chi connectivity index (χ3n) is 3.38. The number of benzene rings is 1. The fourth-order valence-electron chi connectivity index (χ4n) is 2.40. The lowest BCUT2D eigenvalue weighted by Gasteiger charge is -2.07. The number of rotatable bonds is 4. The molecule has 18 heavy (non-hydrogen) atoms. The van der Waals surface area contributed by atoms with E-state index in [-0.39, 0.29) is 17.3 Å². The Hall–Kier alpha value is -1.77. The number of phenols is 2. The molecule has 1 aromatic carbocycles. The molecule has 1 aliphatic rings. The van der Waals surface area contributed by atoms with Crippen molar-refractivity contribution in [3.05, 3.63) is 29.3 Å². The summed E-state index contributed by atoms with van der Waals surface area (Å²) < 4.78 is 0. The van der Waals surface area contributed by atoms with Crippen molar-refractivity contribution in [1.29, 1.82) is 0 Å². The molecule has 1 aliphatic carbocycles. The van der Waals surface area contributed by atoms with E-state index in [1.54, 1.807) is 6.07 Å². The summed E-state index contributed by atoms with van der Waals surface area (Å²) >= 11 is 0. The van der Waals surface area contributed by atoms with Crippen LogP contribution in [0.15, 0.2) is 23.8 Å². The first-order valence-corrected chi connectivity index (χ1v) is 6.41. The fraction of sp³-hybridized carbons (Fsp3) is 0.400. The molecule has 0 saturated heterocycles. The summed E-state index contributed by atoms with van der Waals surface area (Å²) in [6.07, 6.45) is 4.52. The molecule has 0 radical (unpaired) electrons. The molecule has 3 heteroatoms. The number of allylic oxidation sites excluding steroid dienone is 2. The maximum atomic E-state index is 11.9. The Morgan fingerprint density at radius 2 is 1.94 bits per heavy atom. The average Bonchev–Trinajstić information content (AvgIpc) is 2.71.